The van der Waals surface area contributed by atoms with E-state index in [4.69, 9.17) is 15.6 Å². The average molecular weight is 214 g/mol. The first kappa shape index (κ1) is 12.4. The first-order chi connectivity index (χ1) is 6.41. The topological polar surface area (TPSA) is 113 Å². The Morgan fingerprint density at radius 1 is 1.36 bits per heavy atom. The predicted molar refractivity (Wildman–Crippen MR) is 51.1 cm³/mol. The Morgan fingerprint density at radius 3 is 2.14 bits per heavy atom. The maximum atomic E-state index is 10.5. The molecule has 7 heteroatoms. The van der Waals surface area contributed by atoms with Crippen LogP contribution in [-0.4, -0.2) is 13.0 Å². The maximum Gasteiger partial charge on any atom is 0.294 e. The fraction of sp³-hybridized carbons (Fsp3) is 0.143. The fourth-order valence-corrected chi connectivity index (χ4v) is 1.36. The highest BCUT2D eigenvalue weighted by Gasteiger charge is 2.07. The fourth-order valence-electron chi connectivity index (χ4n) is 0.776. The molecule has 6 nitrogen and oxygen atoms in total. The molecule has 1 rings (SSSR count). The summed E-state index contributed by atoms with van der Waals surface area (Å²) >= 11 is 0. The van der Waals surface area contributed by atoms with Crippen LogP contribution in [-0.2, 0) is 10.1 Å². The Labute approximate surface area is 81.4 Å². The van der Waals surface area contributed by atoms with Crippen molar-refractivity contribution in [2.24, 2.45) is 0 Å². The van der Waals surface area contributed by atoms with E-state index in [2.05, 4.69) is 0 Å². The summed E-state index contributed by atoms with van der Waals surface area (Å²) in [4.78, 5) is 1.44. The van der Waals surface area contributed by atoms with Gasteiger partial charge in [0.1, 0.15) is 0 Å². The van der Waals surface area contributed by atoms with E-state index in [1.807, 2.05) is 0 Å². The SMILES string of the molecule is Cc1cccc(S(=O)(=O)O)c1.[N-]=[N+]=[N-]. The molecule has 0 amide bonds. The molecule has 0 atom stereocenters. The molecule has 1 aromatic rings. The molecular weight excluding hydrogens is 206 g/mol. The Balaban J connectivity index is 0.000000500. The molecule has 0 saturated heterocycles. The molecule has 0 unspecified atom stereocenters. The molecule has 0 spiro atoms. The van der Waals surface area contributed by atoms with Gasteiger partial charge in [-0.3, -0.25) is 9.46 Å². The number of hydrogen-bond donors (Lipinski definition) is 1. The molecule has 0 saturated carbocycles. The quantitative estimate of drug-likeness (QED) is 0.334. The van der Waals surface area contributed by atoms with Gasteiger partial charge in [-0.25, -0.2) is 0 Å². The summed E-state index contributed by atoms with van der Waals surface area (Å²) in [6, 6.07) is 6.10. The van der Waals surface area contributed by atoms with E-state index in [1.165, 1.54) is 17.0 Å². The highest BCUT2D eigenvalue weighted by molar-refractivity contribution is 7.85. The first-order valence-electron chi connectivity index (χ1n) is 3.44. The van der Waals surface area contributed by atoms with Gasteiger partial charge in [-0.1, -0.05) is 12.1 Å². The lowest BCUT2D eigenvalue weighted by molar-refractivity contribution is 0.483. The second kappa shape index (κ2) is 5.23. The Hall–Kier alpha value is -1.56. The predicted octanol–water partition coefficient (Wildman–Crippen LogP) is 2.11. The zero-order valence-electron chi connectivity index (χ0n) is 7.32. The van der Waals surface area contributed by atoms with E-state index in [0.717, 1.165) is 5.56 Å². The zero-order chi connectivity index (χ0) is 11.2. The Kier molecular flexibility index (Phi) is 4.65. The standard InChI is InChI=1S/C7H8O3S.N3/c1-6-3-2-4-7(5-6)11(8,9)10;1-3-2/h2-5H,1H3,(H,8,9,10);/q;-1. The van der Waals surface area contributed by atoms with Gasteiger partial charge in [0.15, 0.2) is 0 Å². The van der Waals surface area contributed by atoms with Crippen LogP contribution >= 0.6 is 0 Å². The Bertz CT molecular complexity index is 435. The summed E-state index contributed by atoms with van der Waals surface area (Å²) in [6.45, 7) is 1.76. The van der Waals surface area contributed by atoms with Crippen molar-refractivity contribution in [2.45, 2.75) is 11.8 Å². The number of nitrogens with zero attached hydrogens (tertiary/aromatic N) is 3. The van der Waals surface area contributed by atoms with Crippen molar-refractivity contribution in [3.05, 3.63) is 45.8 Å². The normalized spacial score (nSPS) is 9.57. The third-order valence-electron chi connectivity index (χ3n) is 1.29. The summed E-state index contributed by atoms with van der Waals surface area (Å²) in [6.07, 6.45) is 0. The molecule has 0 aliphatic carbocycles. The van der Waals surface area contributed by atoms with Crippen molar-refractivity contribution >= 4 is 10.1 Å². The van der Waals surface area contributed by atoms with Gasteiger partial charge in [0, 0.05) is 0 Å². The smallest absolute Gasteiger partial charge is 0.294 e. The van der Waals surface area contributed by atoms with E-state index in [-0.39, 0.29) is 4.90 Å². The highest BCUT2D eigenvalue weighted by atomic mass is 32.2. The molecule has 14 heavy (non-hydrogen) atoms. The van der Waals surface area contributed by atoms with Gasteiger partial charge in [-0.2, -0.15) is 8.42 Å². The summed E-state index contributed by atoms with van der Waals surface area (Å²) in [7, 11) is -4.03. The van der Waals surface area contributed by atoms with Crippen molar-refractivity contribution in [2.75, 3.05) is 0 Å². The lowest BCUT2D eigenvalue weighted by atomic mass is 10.2. The summed E-state index contributed by atoms with van der Waals surface area (Å²) < 4.78 is 29.7. The molecule has 0 heterocycles. The molecule has 76 valence electrons. The minimum Gasteiger partial charge on any atom is -0.373 e. The highest BCUT2D eigenvalue weighted by Crippen LogP contribution is 2.09. The van der Waals surface area contributed by atoms with Gasteiger partial charge in [0.2, 0.25) is 0 Å². The largest absolute Gasteiger partial charge is 0.373 e. The van der Waals surface area contributed by atoms with Crippen molar-refractivity contribution in [3.8, 4) is 0 Å². The summed E-state index contributed by atoms with van der Waals surface area (Å²) in [5.41, 5.74) is 14.3. The molecule has 0 aromatic heterocycles. The van der Waals surface area contributed by atoms with E-state index in [9.17, 15) is 8.42 Å². The van der Waals surface area contributed by atoms with Gasteiger partial charge in [-0.05, 0) is 24.6 Å². The van der Waals surface area contributed by atoms with Crippen molar-refractivity contribution in [3.63, 3.8) is 0 Å². The van der Waals surface area contributed by atoms with Gasteiger partial charge in [-0.15, -0.1) is 0 Å². The minimum absolute atomic E-state index is 0.0579. The van der Waals surface area contributed by atoms with Gasteiger partial charge >= 0.3 is 0 Å². The third-order valence-corrected chi connectivity index (χ3v) is 2.14. The summed E-state index contributed by atoms with van der Waals surface area (Å²) in [5.74, 6) is 0. The second-order valence-corrected chi connectivity index (χ2v) is 3.80. The van der Waals surface area contributed by atoms with Crippen molar-refractivity contribution in [1.82, 2.24) is 0 Å². The lowest BCUT2D eigenvalue weighted by Gasteiger charge is -1.96. The van der Waals surface area contributed by atoms with Crippen LogP contribution in [0.15, 0.2) is 29.2 Å². The van der Waals surface area contributed by atoms with Crippen LogP contribution in [0, 0.1) is 6.92 Å². The monoisotopic (exact) mass is 214 g/mol. The minimum atomic E-state index is -4.03. The van der Waals surface area contributed by atoms with Gasteiger partial charge < -0.3 is 11.1 Å². The van der Waals surface area contributed by atoms with Crippen molar-refractivity contribution in [1.29, 1.82) is 0 Å². The molecule has 0 aliphatic heterocycles. The molecule has 1 aromatic carbocycles. The van der Waals surface area contributed by atoms with E-state index < -0.39 is 10.1 Å². The summed E-state index contributed by atoms with van der Waals surface area (Å²) in [5, 5.41) is 0. The van der Waals surface area contributed by atoms with Gasteiger partial charge in [0.05, 0.1) is 4.90 Å². The zero-order valence-corrected chi connectivity index (χ0v) is 8.14. The van der Waals surface area contributed by atoms with Crippen LogP contribution in [0.3, 0.4) is 0 Å². The van der Waals surface area contributed by atoms with Crippen LogP contribution in [0.2, 0.25) is 0 Å². The van der Waals surface area contributed by atoms with E-state index >= 15 is 0 Å². The average Bonchev–Trinajstić information content (AvgIpc) is 2.04. The molecule has 0 fully saturated rings. The van der Waals surface area contributed by atoms with Crippen molar-refractivity contribution < 1.29 is 13.0 Å². The molecule has 1 N–H and O–H groups in total. The number of hydrogen-bond acceptors (Lipinski definition) is 2. The van der Waals surface area contributed by atoms with Crippen LogP contribution < -0.4 is 0 Å². The van der Waals surface area contributed by atoms with Crippen LogP contribution in [0.4, 0.5) is 0 Å². The number of aryl methyl sites for hydroxylation is 1. The third kappa shape index (κ3) is 4.46. The molecule has 0 bridgehead atoms. The Morgan fingerprint density at radius 2 is 1.86 bits per heavy atom. The maximum absolute atomic E-state index is 10.5. The molecular formula is C7H8N3O3S-. The van der Waals surface area contributed by atoms with E-state index in [1.54, 1.807) is 19.1 Å². The van der Waals surface area contributed by atoms with Crippen LogP contribution in [0.5, 0.6) is 0 Å². The van der Waals surface area contributed by atoms with Crippen LogP contribution in [0.1, 0.15) is 5.56 Å². The number of benzene rings is 1. The lowest BCUT2D eigenvalue weighted by Crippen LogP contribution is -1.97. The number of rotatable bonds is 1. The second-order valence-electron chi connectivity index (χ2n) is 2.38. The molecule has 0 aliphatic rings. The molecule has 0 radical (unpaired) electrons. The first-order valence-corrected chi connectivity index (χ1v) is 4.88. The van der Waals surface area contributed by atoms with Crippen LogP contribution in [0.25, 0.3) is 16.0 Å². The van der Waals surface area contributed by atoms with Gasteiger partial charge in [0.25, 0.3) is 10.1 Å². The van der Waals surface area contributed by atoms with E-state index in [0.29, 0.717) is 0 Å².